The number of hydrogen-bond donors (Lipinski definition) is 1. The van der Waals surface area contributed by atoms with Gasteiger partial charge in [-0.25, -0.2) is 0 Å². The van der Waals surface area contributed by atoms with Crippen molar-refractivity contribution >= 4 is 46.6 Å². The molecule has 3 amide bonds. The highest BCUT2D eigenvalue weighted by Crippen LogP contribution is 2.31. The molecule has 0 unspecified atom stereocenters. The average molecular weight is 534 g/mol. The molecule has 0 spiro atoms. The van der Waals surface area contributed by atoms with Crippen molar-refractivity contribution in [1.29, 1.82) is 0 Å². The molecule has 5 rings (SSSR count). The molecule has 0 radical (unpaired) electrons. The van der Waals surface area contributed by atoms with E-state index in [9.17, 15) is 19.2 Å². The van der Waals surface area contributed by atoms with Crippen molar-refractivity contribution in [2.45, 2.75) is 30.3 Å². The minimum absolute atomic E-state index is 0.0124. The highest BCUT2D eigenvalue weighted by Gasteiger charge is 2.52. The van der Waals surface area contributed by atoms with Crippen LogP contribution in [0.15, 0.2) is 77.5 Å². The molecule has 3 aromatic rings. The normalized spacial score (nSPS) is 19.5. The fraction of sp³-hybridized carbons (Fsp3) is 0.286. The average Bonchev–Trinajstić information content (AvgIpc) is 3.68. The molecule has 9 heteroatoms. The highest BCUT2D eigenvalue weighted by atomic mass is 32.2. The van der Waals surface area contributed by atoms with Crippen molar-refractivity contribution in [3.05, 3.63) is 94.2 Å². The number of hydrogen-bond acceptors (Lipinski definition) is 6. The first-order valence-corrected chi connectivity index (χ1v) is 14.3. The van der Waals surface area contributed by atoms with Gasteiger partial charge in [-0.2, -0.15) is 23.1 Å². The largest absolute Gasteiger partial charge is 0.339 e. The molecule has 2 saturated heterocycles. The summed E-state index contributed by atoms with van der Waals surface area (Å²) in [6.07, 6.45) is 0.531. The molecule has 2 aliphatic rings. The number of benzene rings is 2. The Kier molecular flexibility index (Phi) is 7.71. The van der Waals surface area contributed by atoms with E-state index < -0.39 is 12.1 Å². The van der Waals surface area contributed by atoms with E-state index in [1.54, 1.807) is 57.3 Å². The number of rotatable bonds is 8. The predicted molar refractivity (Wildman–Crippen MR) is 145 cm³/mol. The molecule has 0 bridgehead atoms. The molecule has 2 aromatic carbocycles. The van der Waals surface area contributed by atoms with E-state index in [-0.39, 0.29) is 36.1 Å². The van der Waals surface area contributed by atoms with Crippen LogP contribution in [-0.4, -0.2) is 70.3 Å². The summed E-state index contributed by atoms with van der Waals surface area (Å²) < 4.78 is 0. The number of likely N-dealkylation sites (tertiary alicyclic amines) is 2. The van der Waals surface area contributed by atoms with E-state index in [1.807, 2.05) is 41.8 Å². The molecular weight excluding hydrogens is 506 g/mol. The highest BCUT2D eigenvalue weighted by molar-refractivity contribution is 7.98. The van der Waals surface area contributed by atoms with Gasteiger partial charge in [-0.1, -0.05) is 48.5 Å². The van der Waals surface area contributed by atoms with Gasteiger partial charge in [0.25, 0.3) is 11.8 Å². The summed E-state index contributed by atoms with van der Waals surface area (Å²) in [6, 6.07) is 18.7. The Labute approximate surface area is 223 Å². The number of fused-ring (bicyclic) bond motifs is 1. The molecule has 2 fully saturated rings. The minimum Gasteiger partial charge on any atom is -0.339 e. The minimum atomic E-state index is -0.786. The maximum Gasteiger partial charge on any atom is 0.254 e. The lowest BCUT2D eigenvalue weighted by Gasteiger charge is -2.28. The number of nitrogens with one attached hydrogen (secondary N) is 1. The van der Waals surface area contributed by atoms with Gasteiger partial charge in [0.15, 0.2) is 5.78 Å². The zero-order valence-corrected chi connectivity index (χ0v) is 21.8. The molecule has 37 heavy (non-hydrogen) atoms. The number of thioether (sulfide) groups is 1. The van der Waals surface area contributed by atoms with Gasteiger partial charge in [0.2, 0.25) is 5.91 Å². The first-order chi connectivity index (χ1) is 18.0. The van der Waals surface area contributed by atoms with Crippen LogP contribution in [0.1, 0.15) is 32.7 Å². The summed E-state index contributed by atoms with van der Waals surface area (Å²) in [4.78, 5) is 56.0. The van der Waals surface area contributed by atoms with Crippen LogP contribution < -0.4 is 5.32 Å². The molecule has 1 aromatic heterocycles. The molecule has 0 aliphatic carbocycles. The van der Waals surface area contributed by atoms with E-state index in [1.165, 1.54) is 11.3 Å². The van der Waals surface area contributed by atoms with Gasteiger partial charge < -0.3 is 15.1 Å². The van der Waals surface area contributed by atoms with Crippen LogP contribution in [0.25, 0.3) is 0 Å². The first kappa shape index (κ1) is 25.2. The number of Topliss-reactive ketones (excluding diaryl/α,β-unsaturated/α-hetero) is 1. The van der Waals surface area contributed by atoms with Crippen LogP contribution in [0.3, 0.4) is 0 Å². The first-order valence-electron chi connectivity index (χ1n) is 12.2. The van der Waals surface area contributed by atoms with Crippen LogP contribution in [0.4, 0.5) is 0 Å². The van der Waals surface area contributed by atoms with E-state index in [4.69, 9.17) is 0 Å². The van der Waals surface area contributed by atoms with E-state index in [2.05, 4.69) is 5.32 Å². The third kappa shape index (κ3) is 5.47. The van der Waals surface area contributed by atoms with E-state index in [0.717, 1.165) is 5.56 Å². The van der Waals surface area contributed by atoms with Crippen LogP contribution in [0, 0.1) is 0 Å². The van der Waals surface area contributed by atoms with Gasteiger partial charge in [-0.3, -0.25) is 19.2 Å². The van der Waals surface area contributed by atoms with Gasteiger partial charge in [0, 0.05) is 29.0 Å². The lowest BCUT2D eigenvalue weighted by atomic mass is 10.1. The third-order valence-corrected chi connectivity index (χ3v) is 8.56. The van der Waals surface area contributed by atoms with Crippen molar-refractivity contribution < 1.29 is 19.2 Å². The van der Waals surface area contributed by atoms with Crippen molar-refractivity contribution in [2.75, 3.05) is 18.8 Å². The van der Waals surface area contributed by atoms with Crippen molar-refractivity contribution in [3.8, 4) is 0 Å². The van der Waals surface area contributed by atoms with Gasteiger partial charge in [0.05, 0.1) is 18.2 Å². The zero-order chi connectivity index (χ0) is 25.8. The smallest absolute Gasteiger partial charge is 0.254 e. The molecular formula is C28H27N3O4S2. The van der Waals surface area contributed by atoms with Gasteiger partial charge in [-0.15, -0.1) is 0 Å². The topological polar surface area (TPSA) is 86.8 Å². The standard InChI is InChI=1S/C28H27N3O4S2/c32-24-15-31(27(34)20-9-5-2-6-10-20)23-11-13-30(25(23)24)28(35)22(29-26(33)21-12-14-36-17-21)18-37-16-19-7-3-1-4-8-19/h1-10,12,14,17,22-23,25H,11,13,15-16,18H2,(H,29,33)/t22-,23+,25-/m0/s1. The molecule has 3 atom stereocenters. The summed E-state index contributed by atoms with van der Waals surface area (Å²) in [7, 11) is 0. The second kappa shape index (κ2) is 11.3. The summed E-state index contributed by atoms with van der Waals surface area (Å²) in [6.45, 7) is 0.355. The van der Waals surface area contributed by atoms with Crippen molar-refractivity contribution in [3.63, 3.8) is 0 Å². The van der Waals surface area contributed by atoms with Gasteiger partial charge >= 0.3 is 0 Å². The second-order valence-corrected chi connectivity index (χ2v) is 10.9. The number of ketones is 1. The van der Waals surface area contributed by atoms with E-state index >= 15 is 0 Å². The molecule has 2 aliphatic heterocycles. The number of nitrogens with zero attached hydrogens (tertiary/aromatic N) is 2. The fourth-order valence-corrected chi connectivity index (χ4v) is 6.61. The number of carbonyl (C=O) groups is 4. The molecule has 3 heterocycles. The lowest BCUT2D eigenvalue weighted by Crippen LogP contribution is -2.53. The lowest BCUT2D eigenvalue weighted by molar-refractivity contribution is -0.137. The van der Waals surface area contributed by atoms with Crippen LogP contribution in [0.2, 0.25) is 0 Å². The van der Waals surface area contributed by atoms with Crippen molar-refractivity contribution in [2.24, 2.45) is 0 Å². The monoisotopic (exact) mass is 533 g/mol. The number of carbonyl (C=O) groups excluding carboxylic acids is 4. The Hall–Kier alpha value is -3.43. The summed E-state index contributed by atoms with van der Waals surface area (Å²) in [5.41, 5.74) is 2.16. The third-order valence-electron chi connectivity index (χ3n) is 6.77. The number of amides is 3. The SMILES string of the molecule is O=C(N[C@@H](CSCc1ccccc1)C(=O)N1CC[C@@H]2[C@H]1C(=O)CN2C(=O)c1ccccc1)c1ccsc1. The number of thiophene rings is 1. The van der Waals surface area contributed by atoms with Gasteiger partial charge in [0.1, 0.15) is 12.1 Å². The summed E-state index contributed by atoms with van der Waals surface area (Å²) >= 11 is 2.97. The Balaban J connectivity index is 1.31. The molecule has 7 nitrogen and oxygen atoms in total. The predicted octanol–water partition coefficient (Wildman–Crippen LogP) is 3.47. The molecule has 190 valence electrons. The molecule has 1 N–H and O–H groups in total. The summed E-state index contributed by atoms with van der Waals surface area (Å²) in [5, 5.41) is 6.46. The Morgan fingerprint density at radius 3 is 2.41 bits per heavy atom. The fourth-order valence-electron chi connectivity index (χ4n) is 4.96. The van der Waals surface area contributed by atoms with Gasteiger partial charge in [-0.05, 0) is 35.6 Å². The Morgan fingerprint density at radius 2 is 1.70 bits per heavy atom. The van der Waals surface area contributed by atoms with Crippen molar-refractivity contribution in [1.82, 2.24) is 15.1 Å². The van der Waals surface area contributed by atoms with Crippen LogP contribution in [0.5, 0.6) is 0 Å². The Bertz CT molecular complexity index is 1270. The zero-order valence-electron chi connectivity index (χ0n) is 20.1. The second-order valence-electron chi connectivity index (χ2n) is 9.14. The summed E-state index contributed by atoms with van der Waals surface area (Å²) in [5.74, 6) is 0.145. The van der Waals surface area contributed by atoms with Crippen LogP contribution in [-0.2, 0) is 15.3 Å². The van der Waals surface area contributed by atoms with E-state index in [0.29, 0.717) is 35.6 Å². The molecule has 0 saturated carbocycles. The van der Waals surface area contributed by atoms with Crippen LogP contribution >= 0.6 is 23.1 Å². The Morgan fingerprint density at radius 1 is 0.973 bits per heavy atom. The quantitative estimate of drug-likeness (QED) is 0.479. The maximum absolute atomic E-state index is 13.8. The maximum atomic E-state index is 13.8.